The fraction of sp³-hybridized carbons (Fsp3) is 0.647. The predicted octanol–water partition coefficient (Wildman–Crippen LogP) is 2.06. The maximum atomic E-state index is 5.61. The van der Waals surface area contributed by atoms with E-state index in [4.69, 9.17) is 5.73 Å². The van der Waals surface area contributed by atoms with E-state index in [9.17, 15) is 0 Å². The fourth-order valence-corrected chi connectivity index (χ4v) is 2.72. The third-order valence-electron chi connectivity index (χ3n) is 4.14. The van der Waals surface area contributed by atoms with E-state index < -0.39 is 0 Å². The molecule has 1 aromatic rings. The normalized spacial score (nSPS) is 18.4. The van der Waals surface area contributed by atoms with Gasteiger partial charge in [-0.05, 0) is 16.5 Å². The zero-order chi connectivity index (χ0) is 14.6. The van der Waals surface area contributed by atoms with Crippen molar-refractivity contribution < 1.29 is 0 Å². The van der Waals surface area contributed by atoms with Crippen molar-refractivity contribution in [3.8, 4) is 0 Å². The van der Waals surface area contributed by atoms with Gasteiger partial charge in [0.1, 0.15) is 0 Å². The molecule has 0 aromatic heterocycles. The van der Waals surface area contributed by atoms with Crippen LogP contribution in [0.1, 0.15) is 31.9 Å². The van der Waals surface area contributed by atoms with Crippen molar-refractivity contribution in [2.24, 2.45) is 5.73 Å². The number of hydrogen-bond donors (Lipinski definition) is 1. The summed E-state index contributed by atoms with van der Waals surface area (Å²) in [6.45, 7) is 14.3. The summed E-state index contributed by atoms with van der Waals surface area (Å²) in [7, 11) is 0. The Labute approximate surface area is 123 Å². The Morgan fingerprint density at radius 3 is 2.00 bits per heavy atom. The van der Waals surface area contributed by atoms with Crippen LogP contribution < -0.4 is 5.73 Å². The number of hydrogen-bond acceptors (Lipinski definition) is 3. The molecule has 0 atom stereocenters. The Kier molecular flexibility index (Phi) is 5.19. The SMILES string of the molecule is CC(C)(C)c1ccc(CN2CCN(CCN)CC2)cc1. The first-order valence-electron chi connectivity index (χ1n) is 7.73. The van der Waals surface area contributed by atoms with Crippen LogP contribution in [-0.2, 0) is 12.0 Å². The first-order valence-corrected chi connectivity index (χ1v) is 7.73. The van der Waals surface area contributed by atoms with Crippen LogP contribution in [0.5, 0.6) is 0 Å². The Morgan fingerprint density at radius 2 is 1.50 bits per heavy atom. The van der Waals surface area contributed by atoms with E-state index >= 15 is 0 Å². The summed E-state index contributed by atoms with van der Waals surface area (Å²) >= 11 is 0. The van der Waals surface area contributed by atoms with Crippen molar-refractivity contribution in [2.75, 3.05) is 39.3 Å². The minimum Gasteiger partial charge on any atom is -0.329 e. The number of piperazine rings is 1. The molecular formula is C17H29N3. The van der Waals surface area contributed by atoms with Crippen molar-refractivity contribution in [1.29, 1.82) is 0 Å². The lowest BCUT2D eigenvalue weighted by atomic mass is 9.87. The average molecular weight is 275 g/mol. The van der Waals surface area contributed by atoms with Gasteiger partial charge in [0, 0.05) is 45.8 Å². The summed E-state index contributed by atoms with van der Waals surface area (Å²) in [4.78, 5) is 5.00. The van der Waals surface area contributed by atoms with Gasteiger partial charge in [0.05, 0.1) is 0 Å². The molecule has 1 saturated heterocycles. The molecule has 1 aromatic carbocycles. The van der Waals surface area contributed by atoms with Gasteiger partial charge >= 0.3 is 0 Å². The molecule has 112 valence electrons. The van der Waals surface area contributed by atoms with Gasteiger partial charge in [0.15, 0.2) is 0 Å². The molecule has 1 aliphatic rings. The Hall–Kier alpha value is -0.900. The molecule has 1 fully saturated rings. The lowest BCUT2D eigenvalue weighted by molar-refractivity contribution is 0.130. The van der Waals surface area contributed by atoms with Crippen LogP contribution in [0, 0.1) is 0 Å². The molecule has 20 heavy (non-hydrogen) atoms. The number of rotatable bonds is 4. The molecular weight excluding hydrogens is 246 g/mol. The molecule has 3 heteroatoms. The quantitative estimate of drug-likeness (QED) is 0.913. The van der Waals surface area contributed by atoms with Crippen LogP contribution in [0.3, 0.4) is 0 Å². The van der Waals surface area contributed by atoms with E-state index in [0.29, 0.717) is 0 Å². The molecule has 1 aliphatic heterocycles. The second-order valence-electron chi connectivity index (χ2n) is 6.85. The molecule has 2 rings (SSSR count). The molecule has 2 N–H and O–H groups in total. The zero-order valence-electron chi connectivity index (χ0n) is 13.2. The van der Waals surface area contributed by atoms with Gasteiger partial charge in [0.25, 0.3) is 0 Å². The summed E-state index contributed by atoms with van der Waals surface area (Å²) in [5.41, 5.74) is 8.69. The summed E-state index contributed by atoms with van der Waals surface area (Å²) in [5, 5.41) is 0. The van der Waals surface area contributed by atoms with E-state index in [2.05, 4.69) is 54.8 Å². The summed E-state index contributed by atoms with van der Waals surface area (Å²) in [5.74, 6) is 0. The molecule has 1 heterocycles. The van der Waals surface area contributed by atoms with E-state index in [1.165, 1.54) is 11.1 Å². The van der Waals surface area contributed by atoms with Crippen LogP contribution in [0.2, 0.25) is 0 Å². The lowest BCUT2D eigenvalue weighted by Crippen LogP contribution is -2.47. The van der Waals surface area contributed by atoms with Crippen molar-refractivity contribution in [3.05, 3.63) is 35.4 Å². The lowest BCUT2D eigenvalue weighted by Gasteiger charge is -2.34. The van der Waals surface area contributed by atoms with Gasteiger partial charge in [0.2, 0.25) is 0 Å². The standard InChI is InChI=1S/C17H29N3/c1-17(2,3)16-6-4-15(5-7-16)14-20-12-10-19(9-8-18)11-13-20/h4-7H,8-14,18H2,1-3H3. The highest BCUT2D eigenvalue weighted by atomic mass is 15.3. The monoisotopic (exact) mass is 275 g/mol. The average Bonchev–Trinajstić information content (AvgIpc) is 2.41. The number of benzene rings is 1. The Balaban J connectivity index is 1.85. The molecule has 0 radical (unpaired) electrons. The third kappa shape index (κ3) is 4.30. The van der Waals surface area contributed by atoms with E-state index in [1.807, 2.05) is 0 Å². The highest BCUT2D eigenvalue weighted by molar-refractivity contribution is 5.27. The predicted molar refractivity (Wildman–Crippen MR) is 85.9 cm³/mol. The molecule has 3 nitrogen and oxygen atoms in total. The topological polar surface area (TPSA) is 32.5 Å². The van der Waals surface area contributed by atoms with Crippen LogP contribution in [-0.4, -0.2) is 49.1 Å². The molecule has 0 saturated carbocycles. The minimum absolute atomic E-state index is 0.242. The Morgan fingerprint density at radius 1 is 0.950 bits per heavy atom. The van der Waals surface area contributed by atoms with Gasteiger partial charge in [-0.15, -0.1) is 0 Å². The van der Waals surface area contributed by atoms with Crippen LogP contribution >= 0.6 is 0 Å². The van der Waals surface area contributed by atoms with Gasteiger partial charge in [-0.1, -0.05) is 45.0 Å². The zero-order valence-corrected chi connectivity index (χ0v) is 13.2. The first kappa shape index (κ1) is 15.5. The maximum Gasteiger partial charge on any atom is 0.0234 e. The van der Waals surface area contributed by atoms with Crippen LogP contribution in [0.4, 0.5) is 0 Å². The first-order chi connectivity index (χ1) is 9.49. The molecule has 0 bridgehead atoms. The molecule has 0 aliphatic carbocycles. The van der Waals surface area contributed by atoms with Crippen molar-refractivity contribution in [3.63, 3.8) is 0 Å². The highest BCUT2D eigenvalue weighted by Gasteiger charge is 2.17. The van der Waals surface area contributed by atoms with E-state index in [1.54, 1.807) is 0 Å². The second-order valence-corrected chi connectivity index (χ2v) is 6.85. The molecule has 0 spiro atoms. The smallest absolute Gasteiger partial charge is 0.0234 e. The van der Waals surface area contributed by atoms with E-state index in [0.717, 1.165) is 45.8 Å². The highest BCUT2D eigenvalue weighted by Crippen LogP contribution is 2.22. The number of nitrogens with two attached hydrogens (primary N) is 1. The van der Waals surface area contributed by atoms with Crippen molar-refractivity contribution in [1.82, 2.24) is 9.80 Å². The van der Waals surface area contributed by atoms with Crippen LogP contribution in [0.25, 0.3) is 0 Å². The largest absolute Gasteiger partial charge is 0.329 e. The molecule has 0 amide bonds. The van der Waals surface area contributed by atoms with Crippen LogP contribution in [0.15, 0.2) is 24.3 Å². The van der Waals surface area contributed by atoms with Crippen molar-refractivity contribution in [2.45, 2.75) is 32.7 Å². The van der Waals surface area contributed by atoms with Gasteiger partial charge < -0.3 is 5.73 Å². The van der Waals surface area contributed by atoms with E-state index in [-0.39, 0.29) is 5.41 Å². The number of nitrogens with zero attached hydrogens (tertiary/aromatic N) is 2. The molecule has 0 unspecified atom stereocenters. The van der Waals surface area contributed by atoms with Gasteiger partial charge in [-0.25, -0.2) is 0 Å². The second kappa shape index (κ2) is 6.70. The summed E-state index contributed by atoms with van der Waals surface area (Å²) in [6, 6.07) is 9.12. The summed E-state index contributed by atoms with van der Waals surface area (Å²) < 4.78 is 0. The minimum atomic E-state index is 0.242. The van der Waals surface area contributed by atoms with Gasteiger partial charge in [-0.3, -0.25) is 9.80 Å². The van der Waals surface area contributed by atoms with Crippen molar-refractivity contribution >= 4 is 0 Å². The third-order valence-corrected chi connectivity index (χ3v) is 4.14. The Bertz CT molecular complexity index is 397. The van der Waals surface area contributed by atoms with Gasteiger partial charge in [-0.2, -0.15) is 0 Å². The maximum absolute atomic E-state index is 5.61. The fourth-order valence-electron chi connectivity index (χ4n) is 2.72. The summed E-state index contributed by atoms with van der Waals surface area (Å²) in [6.07, 6.45) is 0.